The Morgan fingerprint density at radius 2 is 1.83 bits per heavy atom. The summed E-state index contributed by atoms with van der Waals surface area (Å²) in [5, 5.41) is 0.184. The normalized spacial score (nSPS) is 34.7. The molecule has 1 aliphatic heterocycles. The van der Waals surface area contributed by atoms with E-state index < -0.39 is 15.3 Å². The zero-order valence-electron chi connectivity index (χ0n) is 17.9. The molecular formula is C24H34ClNO2S. The standard InChI is InChI=1S/C24H34ClNO2S/c1-17(2)22-20-11-7-8-12-21(20)23(24(28-22)15-13-18(25)14-16-24)29(27,26-3)19-9-5-4-6-10-19/h4-6,9-10,17-18,20,22H,7-8,11-16H2,1-3H3/t18?,20-,22+,24?,29+/m1/s1. The Hall–Kier alpha value is -0.840. The zero-order chi connectivity index (χ0) is 20.6. The van der Waals surface area contributed by atoms with Crippen LogP contribution in [0.25, 0.3) is 0 Å². The summed E-state index contributed by atoms with van der Waals surface area (Å²) in [5.74, 6) is 0.802. The molecule has 1 spiro atoms. The van der Waals surface area contributed by atoms with Crippen LogP contribution >= 0.6 is 11.6 Å². The van der Waals surface area contributed by atoms with Crippen molar-refractivity contribution < 1.29 is 8.95 Å². The van der Waals surface area contributed by atoms with Gasteiger partial charge in [-0.1, -0.05) is 38.5 Å². The van der Waals surface area contributed by atoms with E-state index in [0.717, 1.165) is 48.3 Å². The second-order valence-electron chi connectivity index (χ2n) is 9.22. The fourth-order valence-electron chi connectivity index (χ4n) is 5.72. The van der Waals surface area contributed by atoms with Crippen molar-refractivity contribution in [3.63, 3.8) is 0 Å². The van der Waals surface area contributed by atoms with Crippen LogP contribution in [0.1, 0.15) is 65.2 Å². The van der Waals surface area contributed by atoms with Crippen LogP contribution in [0.4, 0.5) is 0 Å². The topological polar surface area (TPSA) is 38.7 Å². The summed E-state index contributed by atoms with van der Waals surface area (Å²) in [6, 6.07) is 9.84. The highest BCUT2D eigenvalue weighted by Gasteiger charge is 2.53. The second-order valence-corrected chi connectivity index (χ2v) is 12.1. The lowest BCUT2D eigenvalue weighted by atomic mass is 9.70. The fourth-order valence-corrected chi connectivity index (χ4v) is 8.46. The van der Waals surface area contributed by atoms with Crippen LogP contribution in [0, 0.1) is 11.8 Å². The van der Waals surface area contributed by atoms with Gasteiger partial charge in [-0.05, 0) is 68.6 Å². The Morgan fingerprint density at radius 3 is 2.45 bits per heavy atom. The summed E-state index contributed by atoms with van der Waals surface area (Å²) in [4.78, 5) is 1.83. The molecule has 1 aromatic carbocycles. The molecule has 1 heterocycles. The average molecular weight is 436 g/mol. The summed E-state index contributed by atoms with van der Waals surface area (Å²) >= 11 is 6.50. The number of benzene rings is 1. The van der Waals surface area contributed by atoms with Gasteiger partial charge >= 0.3 is 0 Å². The van der Waals surface area contributed by atoms with E-state index in [-0.39, 0.29) is 11.5 Å². The third-order valence-electron chi connectivity index (χ3n) is 7.10. The zero-order valence-corrected chi connectivity index (χ0v) is 19.5. The van der Waals surface area contributed by atoms with E-state index in [2.05, 4.69) is 18.2 Å². The van der Waals surface area contributed by atoms with Gasteiger partial charge in [0.15, 0.2) is 0 Å². The summed E-state index contributed by atoms with van der Waals surface area (Å²) in [7, 11) is -0.997. The molecule has 0 saturated heterocycles. The highest BCUT2D eigenvalue weighted by atomic mass is 35.5. The summed E-state index contributed by atoms with van der Waals surface area (Å²) in [6.45, 7) is 4.53. The average Bonchev–Trinajstić information content (AvgIpc) is 2.75. The van der Waals surface area contributed by atoms with Gasteiger partial charge in [0.1, 0.15) is 15.3 Å². The van der Waals surface area contributed by atoms with Crippen LogP contribution in [0.2, 0.25) is 0 Å². The van der Waals surface area contributed by atoms with E-state index in [9.17, 15) is 4.21 Å². The van der Waals surface area contributed by atoms with E-state index in [1.165, 1.54) is 18.4 Å². The molecule has 1 aromatic rings. The van der Waals surface area contributed by atoms with Crippen molar-refractivity contribution in [2.75, 3.05) is 7.05 Å². The van der Waals surface area contributed by atoms with Gasteiger partial charge in [0.25, 0.3) is 0 Å². The minimum atomic E-state index is -2.72. The van der Waals surface area contributed by atoms with Gasteiger partial charge in [0, 0.05) is 18.3 Å². The molecule has 0 N–H and O–H groups in total. The fraction of sp³-hybridized carbons (Fsp3) is 0.667. The van der Waals surface area contributed by atoms with E-state index >= 15 is 0 Å². The van der Waals surface area contributed by atoms with Crippen molar-refractivity contribution >= 4 is 21.3 Å². The molecule has 29 heavy (non-hydrogen) atoms. The number of alkyl halides is 1. The maximum Gasteiger partial charge on any atom is 0.103 e. The summed E-state index contributed by atoms with van der Waals surface area (Å²) < 4.78 is 26.3. The van der Waals surface area contributed by atoms with E-state index in [1.807, 2.05) is 30.3 Å². The third-order valence-corrected chi connectivity index (χ3v) is 10.1. The highest BCUT2D eigenvalue weighted by Crippen LogP contribution is 2.54. The molecule has 3 aliphatic rings. The van der Waals surface area contributed by atoms with E-state index in [0.29, 0.717) is 11.8 Å². The van der Waals surface area contributed by atoms with Crippen LogP contribution in [0.15, 0.2) is 50.1 Å². The van der Waals surface area contributed by atoms with Gasteiger partial charge in [-0.2, -0.15) is 0 Å². The predicted molar refractivity (Wildman–Crippen MR) is 121 cm³/mol. The van der Waals surface area contributed by atoms with Crippen molar-refractivity contribution in [3.05, 3.63) is 40.8 Å². The number of ether oxygens (including phenoxy) is 1. The molecule has 3 atom stereocenters. The Bertz CT molecular complexity index is 877. The molecule has 4 rings (SSSR count). The molecule has 0 aromatic heterocycles. The largest absolute Gasteiger partial charge is 0.365 e. The first kappa shape index (κ1) is 21.4. The van der Waals surface area contributed by atoms with Crippen molar-refractivity contribution in [1.82, 2.24) is 0 Å². The quantitative estimate of drug-likeness (QED) is 0.504. The summed E-state index contributed by atoms with van der Waals surface area (Å²) in [5.41, 5.74) is 0.907. The minimum absolute atomic E-state index is 0.184. The lowest BCUT2D eigenvalue weighted by molar-refractivity contribution is -0.134. The Morgan fingerprint density at radius 1 is 1.14 bits per heavy atom. The van der Waals surface area contributed by atoms with E-state index in [4.69, 9.17) is 16.3 Å². The van der Waals surface area contributed by atoms with Gasteiger partial charge < -0.3 is 4.74 Å². The second kappa shape index (κ2) is 8.36. The minimum Gasteiger partial charge on any atom is -0.365 e. The molecule has 0 bridgehead atoms. The highest BCUT2D eigenvalue weighted by molar-refractivity contribution is 7.97. The number of halogens is 1. The number of nitrogens with zero attached hydrogens (tertiary/aromatic N) is 1. The Labute approximate surface area is 181 Å². The van der Waals surface area contributed by atoms with Crippen LogP contribution in [0.5, 0.6) is 0 Å². The van der Waals surface area contributed by atoms with Crippen molar-refractivity contribution in [2.45, 2.75) is 87.2 Å². The molecule has 0 amide bonds. The van der Waals surface area contributed by atoms with Gasteiger partial charge in [-0.3, -0.25) is 0 Å². The maximum absolute atomic E-state index is 14.7. The molecule has 160 valence electrons. The van der Waals surface area contributed by atoms with Gasteiger partial charge in [0.2, 0.25) is 0 Å². The lowest BCUT2D eigenvalue weighted by Gasteiger charge is -2.52. The molecule has 2 fully saturated rings. The van der Waals surface area contributed by atoms with E-state index in [1.54, 1.807) is 7.05 Å². The Balaban J connectivity index is 1.96. The summed E-state index contributed by atoms with van der Waals surface area (Å²) in [6.07, 6.45) is 8.23. The number of hydrogen-bond donors (Lipinski definition) is 0. The SMILES string of the molecule is CN=[S@@](=O)(C1=C2CCCC[C@H]2[C@H](C(C)C)OC12CCC(Cl)CC2)c1ccccc1. The molecule has 3 nitrogen and oxygen atoms in total. The molecular weight excluding hydrogens is 402 g/mol. The first-order valence-electron chi connectivity index (χ1n) is 11.2. The van der Waals surface area contributed by atoms with Crippen molar-refractivity contribution in [3.8, 4) is 0 Å². The first-order valence-corrected chi connectivity index (χ1v) is 13.1. The first-order chi connectivity index (χ1) is 13.9. The number of rotatable bonds is 3. The van der Waals surface area contributed by atoms with Crippen LogP contribution in [-0.4, -0.2) is 28.3 Å². The molecule has 0 radical (unpaired) electrons. The molecule has 5 heteroatoms. The third kappa shape index (κ3) is 3.70. The lowest BCUT2D eigenvalue weighted by Crippen LogP contribution is -2.53. The van der Waals surface area contributed by atoms with Crippen molar-refractivity contribution in [1.29, 1.82) is 0 Å². The van der Waals surface area contributed by atoms with Gasteiger partial charge in [-0.25, -0.2) is 8.57 Å². The molecule has 2 aliphatic carbocycles. The maximum atomic E-state index is 14.7. The van der Waals surface area contributed by atoms with Crippen LogP contribution < -0.4 is 0 Å². The van der Waals surface area contributed by atoms with Gasteiger partial charge in [0.05, 0.1) is 15.9 Å². The number of hydrogen-bond acceptors (Lipinski definition) is 3. The number of fused-ring (bicyclic) bond motifs is 1. The van der Waals surface area contributed by atoms with Crippen LogP contribution in [0.3, 0.4) is 0 Å². The Kier molecular flexibility index (Phi) is 6.17. The van der Waals surface area contributed by atoms with Crippen LogP contribution in [-0.2, 0) is 14.5 Å². The molecule has 0 unspecified atom stereocenters. The predicted octanol–water partition coefficient (Wildman–Crippen LogP) is 6.56. The van der Waals surface area contributed by atoms with Gasteiger partial charge in [-0.15, -0.1) is 11.6 Å². The molecule has 2 saturated carbocycles. The smallest absolute Gasteiger partial charge is 0.103 e. The monoisotopic (exact) mass is 435 g/mol. The van der Waals surface area contributed by atoms with Crippen molar-refractivity contribution in [2.24, 2.45) is 16.2 Å².